The molecule has 1 amide bonds. The average molecular weight is 444 g/mol. The van der Waals surface area contributed by atoms with Gasteiger partial charge in [0.2, 0.25) is 0 Å². The van der Waals surface area contributed by atoms with Gasteiger partial charge in [-0.15, -0.1) is 5.10 Å². The van der Waals surface area contributed by atoms with Crippen LogP contribution in [0, 0.1) is 5.82 Å². The number of fused-ring (bicyclic) bond motifs is 3. The monoisotopic (exact) mass is 443 g/mol. The van der Waals surface area contributed by atoms with Gasteiger partial charge >= 0.3 is 0 Å². The van der Waals surface area contributed by atoms with Gasteiger partial charge in [-0.3, -0.25) is 9.59 Å². The lowest BCUT2D eigenvalue weighted by molar-refractivity contribution is 0.0747. The van der Waals surface area contributed by atoms with Gasteiger partial charge < -0.3 is 14.6 Å². The summed E-state index contributed by atoms with van der Waals surface area (Å²) in [5.41, 5.74) is 0.239. The van der Waals surface area contributed by atoms with Crippen LogP contribution in [-0.2, 0) is 13.1 Å². The van der Waals surface area contributed by atoms with Crippen molar-refractivity contribution in [3.8, 4) is 11.6 Å². The molecule has 4 aromatic rings. The van der Waals surface area contributed by atoms with Crippen molar-refractivity contribution in [3.63, 3.8) is 0 Å². The number of benzene rings is 1. The third-order valence-corrected chi connectivity index (χ3v) is 5.56. The van der Waals surface area contributed by atoms with Gasteiger partial charge in [-0.2, -0.15) is 9.78 Å². The van der Waals surface area contributed by atoms with Crippen LogP contribution in [0.25, 0.3) is 16.7 Å². The predicted octanol–water partition coefficient (Wildman–Crippen LogP) is 1.41. The molecule has 31 heavy (non-hydrogen) atoms. The molecule has 1 N–H and O–H groups in total. The molecule has 1 aliphatic rings. The number of aromatic hydroxyl groups is 1. The summed E-state index contributed by atoms with van der Waals surface area (Å²) in [7, 11) is 1.62. The fourth-order valence-corrected chi connectivity index (χ4v) is 3.94. The summed E-state index contributed by atoms with van der Waals surface area (Å²) >= 11 is 5.86. The zero-order valence-corrected chi connectivity index (χ0v) is 16.9. The van der Waals surface area contributed by atoms with E-state index in [-0.39, 0.29) is 34.0 Å². The van der Waals surface area contributed by atoms with Crippen molar-refractivity contribution in [1.29, 1.82) is 0 Å². The smallest absolute Gasteiger partial charge is 0.280 e. The Hall–Kier alpha value is -3.73. The van der Waals surface area contributed by atoms with Crippen molar-refractivity contribution < 1.29 is 14.3 Å². The minimum atomic E-state index is -0.603. The maximum Gasteiger partial charge on any atom is 0.280 e. The Labute approximate surface area is 178 Å². The Morgan fingerprint density at radius 3 is 2.77 bits per heavy atom. The van der Waals surface area contributed by atoms with Crippen LogP contribution in [0.2, 0.25) is 5.02 Å². The second-order valence-electron chi connectivity index (χ2n) is 7.17. The largest absolute Gasteiger partial charge is 0.505 e. The van der Waals surface area contributed by atoms with Crippen LogP contribution >= 0.6 is 11.6 Å². The van der Waals surface area contributed by atoms with Crippen LogP contribution in [0.1, 0.15) is 16.1 Å². The third kappa shape index (κ3) is 2.88. The molecule has 3 aromatic heterocycles. The third-order valence-electron chi connectivity index (χ3n) is 5.27. The van der Waals surface area contributed by atoms with Gasteiger partial charge in [0.25, 0.3) is 11.5 Å². The molecular formula is C19H15ClFN7O3. The van der Waals surface area contributed by atoms with Gasteiger partial charge in [-0.1, -0.05) is 17.7 Å². The number of rotatable bonds is 3. The molecule has 0 saturated heterocycles. The first kappa shape index (κ1) is 19.2. The average Bonchev–Trinajstić information content (AvgIpc) is 3.37. The number of carbonyl (C=O) groups is 1. The van der Waals surface area contributed by atoms with Gasteiger partial charge in [-0.25, -0.2) is 14.1 Å². The Balaban J connectivity index is 1.80. The van der Waals surface area contributed by atoms with Crippen LogP contribution in [0.4, 0.5) is 4.39 Å². The van der Waals surface area contributed by atoms with E-state index in [1.54, 1.807) is 11.6 Å². The van der Waals surface area contributed by atoms with E-state index < -0.39 is 23.0 Å². The molecule has 0 bridgehead atoms. The number of nitrogens with zero attached hydrogens (tertiary/aromatic N) is 7. The van der Waals surface area contributed by atoms with E-state index in [4.69, 9.17) is 11.6 Å². The summed E-state index contributed by atoms with van der Waals surface area (Å²) in [6, 6.07) is 4.08. The molecule has 0 fully saturated rings. The van der Waals surface area contributed by atoms with E-state index in [1.807, 2.05) is 0 Å². The topological polar surface area (TPSA) is 111 Å². The molecule has 0 unspecified atom stereocenters. The normalized spacial score (nSPS) is 13.8. The van der Waals surface area contributed by atoms with Gasteiger partial charge in [0.15, 0.2) is 17.3 Å². The van der Waals surface area contributed by atoms with Gasteiger partial charge in [0.1, 0.15) is 29.4 Å². The number of aromatic nitrogens is 6. The van der Waals surface area contributed by atoms with Crippen molar-refractivity contribution in [1.82, 2.24) is 34.0 Å². The fourth-order valence-electron chi connectivity index (χ4n) is 3.74. The molecular weight excluding hydrogens is 429 g/mol. The highest BCUT2D eigenvalue weighted by molar-refractivity contribution is 6.30. The highest BCUT2D eigenvalue weighted by atomic mass is 35.5. The summed E-state index contributed by atoms with van der Waals surface area (Å²) in [6.45, 7) is 0.738. The highest BCUT2D eigenvalue weighted by Crippen LogP contribution is 2.34. The van der Waals surface area contributed by atoms with Gasteiger partial charge in [-0.05, 0) is 17.7 Å². The maximum atomic E-state index is 13.5. The van der Waals surface area contributed by atoms with Crippen molar-refractivity contribution in [3.05, 3.63) is 63.3 Å². The van der Waals surface area contributed by atoms with Crippen molar-refractivity contribution in [2.75, 3.05) is 13.6 Å². The number of hydrogen-bond donors (Lipinski definition) is 1. The molecule has 5 rings (SSSR count). The minimum Gasteiger partial charge on any atom is -0.505 e. The minimum absolute atomic E-state index is 0.0200. The lowest BCUT2D eigenvalue weighted by atomic mass is 10.2. The first-order valence-corrected chi connectivity index (χ1v) is 9.65. The molecule has 0 radical (unpaired) electrons. The Kier molecular flexibility index (Phi) is 4.29. The highest BCUT2D eigenvalue weighted by Gasteiger charge is 2.33. The van der Waals surface area contributed by atoms with Gasteiger partial charge in [0.05, 0.1) is 11.6 Å². The number of carbonyl (C=O) groups excluding carboxylic acids is 1. The second kappa shape index (κ2) is 6.91. The second-order valence-corrected chi connectivity index (χ2v) is 7.58. The molecule has 10 nitrogen and oxygen atoms in total. The number of amides is 1. The van der Waals surface area contributed by atoms with Crippen LogP contribution < -0.4 is 5.56 Å². The SMILES string of the molecule is CN1CCn2c(c(O)c3c(=O)n(Cc4ccc(F)c(Cl)c4)nc(-n4cncn4)c32)C1=O. The van der Waals surface area contributed by atoms with Crippen molar-refractivity contribution in [2.45, 2.75) is 13.1 Å². The summed E-state index contributed by atoms with van der Waals surface area (Å²) in [5.74, 6) is -1.17. The first-order valence-electron chi connectivity index (χ1n) is 9.27. The number of likely N-dealkylation sites (N-methyl/N-ethyl adjacent to an activating group) is 1. The van der Waals surface area contributed by atoms with Gasteiger partial charge in [0, 0.05) is 20.1 Å². The van der Waals surface area contributed by atoms with E-state index >= 15 is 0 Å². The van der Waals surface area contributed by atoms with Crippen LogP contribution in [0.3, 0.4) is 0 Å². The van der Waals surface area contributed by atoms with Crippen molar-refractivity contribution in [2.24, 2.45) is 0 Å². The van der Waals surface area contributed by atoms with E-state index in [0.717, 1.165) is 4.68 Å². The molecule has 1 aromatic carbocycles. The molecule has 0 saturated carbocycles. The number of halogens is 2. The zero-order chi connectivity index (χ0) is 21.9. The van der Waals surface area contributed by atoms with Crippen LogP contribution in [0.5, 0.6) is 5.75 Å². The summed E-state index contributed by atoms with van der Waals surface area (Å²) in [4.78, 5) is 31.4. The van der Waals surface area contributed by atoms with E-state index in [1.165, 1.54) is 40.4 Å². The lowest BCUT2D eigenvalue weighted by Crippen LogP contribution is -2.37. The summed E-state index contributed by atoms with van der Waals surface area (Å²) < 4.78 is 17.6. The molecule has 0 spiro atoms. The van der Waals surface area contributed by atoms with E-state index in [9.17, 15) is 19.1 Å². The molecule has 158 valence electrons. The van der Waals surface area contributed by atoms with E-state index in [0.29, 0.717) is 18.7 Å². The lowest BCUT2D eigenvalue weighted by Gasteiger charge is -2.25. The van der Waals surface area contributed by atoms with Crippen LogP contribution in [0.15, 0.2) is 35.6 Å². The Bertz CT molecular complexity index is 1410. The number of hydrogen-bond acceptors (Lipinski definition) is 6. The summed E-state index contributed by atoms with van der Waals surface area (Å²) in [6.07, 6.45) is 2.71. The molecule has 4 heterocycles. The van der Waals surface area contributed by atoms with E-state index in [2.05, 4.69) is 15.2 Å². The van der Waals surface area contributed by atoms with Crippen molar-refractivity contribution >= 4 is 28.4 Å². The Morgan fingerprint density at radius 2 is 2.06 bits per heavy atom. The zero-order valence-electron chi connectivity index (χ0n) is 16.2. The first-order chi connectivity index (χ1) is 14.9. The molecule has 1 aliphatic heterocycles. The quantitative estimate of drug-likeness (QED) is 0.512. The predicted molar refractivity (Wildman–Crippen MR) is 108 cm³/mol. The fraction of sp³-hybridized carbons (Fsp3) is 0.211. The standard InChI is InChI=1S/C19H15ClFN7O3/c1-25-4-5-26-14-13(16(29)15(26)19(25)31)18(30)27(24-17(14)28-9-22-8-23-28)7-10-2-3-12(21)11(20)6-10/h2-3,6,8-9,29H,4-5,7H2,1H3. The molecule has 12 heteroatoms. The Morgan fingerprint density at radius 1 is 1.26 bits per heavy atom. The molecule has 0 atom stereocenters. The maximum absolute atomic E-state index is 13.5. The summed E-state index contributed by atoms with van der Waals surface area (Å²) in [5, 5.41) is 19.3. The molecule has 0 aliphatic carbocycles. The van der Waals surface area contributed by atoms with Crippen LogP contribution in [-0.4, -0.2) is 58.6 Å².